The molecule has 0 saturated carbocycles. The number of rotatable bonds is 6. The second-order valence-electron chi connectivity index (χ2n) is 4.84. The highest BCUT2D eigenvalue weighted by atomic mass is 16.5. The first-order valence-corrected chi connectivity index (χ1v) is 8.16. The number of aliphatic hydroxyl groups excluding tert-OH is 1. The topological polar surface area (TPSA) is 58.6 Å². The van der Waals surface area contributed by atoms with E-state index in [1.54, 1.807) is 7.11 Å². The number of carbonyl (C=O) groups is 1. The number of hydrogen-bond acceptors (Lipinski definition) is 3. The summed E-state index contributed by atoms with van der Waals surface area (Å²) in [7, 11) is 1.69. The summed E-state index contributed by atoms with van der Waals surface area (Å²) in [5, 5.41) is 10.2. The molecule has 2 rings (SSSR count). The quantitative estimate of drug-likeness (QED) is 0.631. The second kappa shape index (κ2) is 15.6. The van der Waals surface area contributed by atoms with Gasteiger partial charge in [0.2, 0.25) is 6.41 Å². The molecule has 0 saturated heterocycles. The molecule has 0 aliphatic heterocycles. The minimum absolute atomic E-state index is 0.0126. The molecule has 2 aromatic rings. The van der Waals surface area contributed by atoms with Gasteiger partial charge in [-0.05, 0) is 36.1 Å². The highest BCUT2D eigenvalue weighted by molar-refractivity contribution is 5.45. The summed E-state index contributed by atoms with van der Waals surface area (Å²) in [6, 6.07) is 18.6. The molecule has 0 fully saturated rings. The number of aryl methyl sites for hydroxylation is 2. The monoisotopic (exact) mass is 331 g/mol. The zero-order chi connectivity index (χ0) is 18.0. The third-order valence-corrected chi connectivity index (χ3v) is 3.13. The van der Waals surface area contributed by atoms with Gasteiger partial charge < -0.3 is 15.2 Å². The molecule has 132 valence electrons. The van der Waals surface area contributed by atoms with Crippen LogP contribution in [0.5, 0.6) is 5.75 Å². The molecule has 24 heavy (non-hydrogen) atoms. The van der Waals surface area contributed by atoms with Crippen LogP contribution in [0.15, 0.2) is 54.6 Å². The van der Waals surface area contributed by atoms with E-state index in [0.717, 1.165) is 18.6 Å². The van der Waals surface area contributed by atoms with E-state index in [-0.39, 0.29) is 6.61 Å². The van der Waals surface area contributed by atoms with Crippen LogP contribution in [0.2, 0.25) is 0 Å². The van der Waals surface area contributed by atoms with Crippen molar-refractivity contribution in [2.24, 2.45) is 0 Å². The van der Waals surface area contributed by atoms with E-state index in [0.29, 0.717) is 13.0 Å². The molecule has 0 spiro atoms. The molecule has 0 atom stereocenters. The summed E-state index contributed by atoms with van der Waals surface area (Å²) in [6.07, 6.45) is 2.76. The smallest absolute Gasteiger partial charge is 0.207 e. The number of aliphatic hydroxyl groups is 1. The van der Waals surface area contributed by atoms with Crippen LogP contribution in [0.1, 0.15) is 25.0 Å². The molecular formula is C20H29NO3. The number of benzene rings is 2. The normalized spacial score (nSPS) is 8.83. The third kappa shape index (κ3) is 11.3. The molecule has 0 aliphatic carbocycles. The predicted molar refractivity (Wildman–Crippen MR) is 99.3 cm³/mol. The van der Waals surface area contributed by atoms with Crippen LogP contribution in [0.3, 0.4) is 0 Å². The maximum absolute atomic E-state index is 9.34. The van der Waals surface area contributed by atoms with E-state index < -0.39 is 0 Å². The van der Waals surface area contributed by atoms with E-state index in [1.807, 2.05) is 18.2 Å². The Morgan fingerprint density at radius 3 is 2.04 bits per heavy atom. The number of amides is 1. The molecule has 2 aromatic carbocycles. The van der Waals surface area contributed by atoms with Gasteiger partial charge in [0.15, 0.2) is 0 Å². The minimum atomic E-state index is 0.0126. The van der Waals surface area contributed by atoms with E-state index in [1.165, 1.54) is 11.1 Å². The molecule has 4 nitrogen and oxygen atoms in total. The Hall–Kier alpha value is -2.33. The highest BCUT2D eigenvalue weighted by Gasteiger charge is 1.90. The summed E-state index contributed by atoms with van der Waals surface area (Å²) in [5.74, 6) is 0.944. The van der Waals surface area contributed by atoms with Crippen molar-refractivity contribution >= 4 is 6.41 Å². The Bertz CT molecular complexity index is 510. The van der Waals surface area contributed by atoms with Crippen LogP contribution in [0.25, 0.3) is 0 Å². The zero-order valence-electron chi connectivity index (χ0n) is 14.9. The zero-order valence-corrected chi connectivity index (χ0v) is 14.9. The first kappa shape index (κ1) is 21.7. The number of nitrogens with one attached hydrogen (secondary N) is 1. The standard InChI is InChI=1S/C9H12O.C8H10.C3H7NO2/c1-3-8-5-4-6-9(7-8)10-2;1-2-8-6-4-3-5-7-8;5-2-1-4-3-6/h4-7H,3H2,1-2H3;3-7H,2H2,1H3;3,5H,1-2H2,(H,4,6). The van der Waals surface area contributed by atoms with Crippen molar-refractivity contribution in [2.75, 3.05) is 20.3 Å². The maximum Gasteiger partial charge on any atom is 0.207 e. The molecule has 0 aromatic heterocycles. The lowest BCUT2D eigenvalue weighted by Crippen LogP contribution is -2.14. The Morgan fingerprint density at radius 1 is 1.00 bits per heavy atom. The Morgan fingerprint density at radius 2 is 1.62 bits per heavy atom. The fourth-order valence-corrected chi connectivity index (χ4v) is 1.73. The Labute approximate surface area is 145 Å². The van der Waals surface area contributed by atoms with Gasteiger partial charge >= 0.3 is 0 Å². The van der Waals surface area contributed by atoms with Gasteiger partial charge in [-0.15, -0.1) is 0 Å². The van der Waals surface area contributed by atoms with Gasteiger partial charge in [-0.25, -0.2) is 0 Å². The summed E-state index contributed by atoms with van der Waals surface area (Å²) >= 11 is 0. The number of methoxy groups -OCH3 is 1. The summed E-state index contributed by atoms with van der Waals surface area (Å²) < 4.78 is 5.06. The summed E-state index contributed by atoms with van der Waals surface area (Å²) in [6.45, 7) is 4.66. The van der Waals surface area contributed by atoms with E-state index >= 15 is 0 Å². The molecule has 2 N–H and O–H groups in total. The number of ether oxygens (including phenoxy) is 1. The van der Waals surface area contributed by atoms with Gasteiger partial charge in [0.1, 0.15) is 5.75 Å². The largest absolute Gasteiger partial charge is 0.497 e. The van der Waals surface area contributed by atoms with Crippen LogP contribution in [-0.2, 0) is 17.6 Å². The van der Waals surface area contributed by atoms with Crippen molar-refractivity contribution < 1.29 is 14.6 Å². The maximum atomic E-state index is 9.34. The highest BCUT2D eigenvalue weighted by Crippen LogP contribution is 2.12. The lowest BCUT2D eigenvalue weighted by atomic mass is 10.2. The molecule has 0 aliphatic rings. The van der Waals surface area contributed by atoms with E-state index in [4.69, 9.17) is 9.84 Å². The van der Waals surface area contributed by atoms with Crippen molar-refractivity contribution in [1.82, 2.24) is 5.32 Å². The van der Waals surface area contributed by atoms with Gasteiger partial charge in [-0.2, -0.15) is 0 Å². The fraction of sp³-hybridized carbons (Fsp3) is 0.350. The Kier molecular flexibility index (Phi) is 14.1. The second-order valence-corrected chi connectivity index (χ2v) is 4.84. The van der Waals surface area contributed by atoms with Crippen molar-refractivity contribution in [1.29, 1.82) is 0 Å². The minimum Gasteiger partial charge on any atom is -0.497 e. The van der Waals surface area contributed by atoms with Gasteiger partial charge in [0, 0.05) is 6.54 Å². The Balaban J connectivity index is 0.000000343. The van der Waals surface area contributed by atoms with Crippen molar-refractivity contribution in [3.8, 4) is 5.75 Å². The van der Waals surface area contributed by atoms with E-state index in [9.17, 15) is 4.79 Å². The molecule has 0 unspecified atom stereocenters. The van der Waals surface area contributed by atoms with Crippen LogP contribution in [0.4, 0.5) is 0 Å². The average molecular weight is 331 g/mol. The van der Waals surface area contributed by atoms with Gasteiger partial charge in [-0.3, -0.25) is 4.79 Å². The first-order chi connectivity index (χ1) is 11.7. The summed E-state index contributed by atoms with van der Waals surface area (Å²) in [5.41, 5.74) is 2.73. The molecule has 0 radical (unpaired) electrons. The van der Waals surface area contributed by atoms with Crippen molar-refractivity contribution in [2.45, 2.75) is 26.7 Å². The molecule has 4 heteroatoms. The van der Waals surface area contributed by atoms with E-state index in [2.05, 4.69) is 55.6 Å². The first-order valence-electron chi connectivity index (χ1n) is 8.16. The molecule has 1 amide bonds. The molecule has 0 heterocycles. The van der Waals surface area contributed by atoms with Crippen LogP contribution < -0.4 is 10.1 Å². The molecular weight excluding hydrogens is 302 g/mol. The van der Waals surface area contributed by atoms with Gasteiger partial charge in [0.05, 0.1) is 13.7 Å². The van der Waals surface area contributed by atoms with Crippen LogP contribution in [0, 0.1) is 0 Å². The average Bonchev–Trinajstić information content (AvgIpc) is 2.68. The summed E-state index contributed by atoms with van der Waals surface area (Å²) in [4.78, 5) is 9.34. The van der Waals surface area contributed by atoms with Crippen molar-refractivity contribution in [3.05, 3.63) is 65.7 Å². The lowest BCUT2D eigenvalue weighted by molar-refractivity contribution is -0.109. The SMILES string of the molecule is CCc1cccc(OC)c1.CCc1ccccc1.O=CNCCO. The number of carbonyl (C=O) groups excluding carboxylic acids is 1. The number of hydrogen-bond donors (Lipinski definition) is 2. The molecule has 0 bridgehead atoms. The fourth-order valence-electron chi connectivity index (χ4n) is 1.73. The van der Waals surface area contributed by atoms with Crippen LogP contribution >= 0.6 is 0 Å². The van der Waals surface area contributed by atoms with Crippen LogP contribution in [-0.4, -0.2) is 31.8 Å². The van der Waals surface area contributed by atoms with Gasteiger partial charge in [-0.1, -0.05) is 56.3 Å². The lowest BCUT2D eigenvalue weighted by Gasteiger charge is -2.00. The van der Waals surface area contributed by atoms with Gasteiger partial charge in [0.25, 0.3) is 0 Å². The predicted octanol–water partition coefficient (Wildman–Crippen LogP) is 3.23. The third-order valence-electron chi connectivity index (χ3n) is 3.13. The van der Waals surface area contributed by atoms with Crippen molar-refractivity contribution in [3.63, 3.8) is 0 Å².